The van der Waals surface area contributed by atoms with Crippen molar-refractivity contribution in [3.05, 3.63) is 0 Å². The minimum absolute atomic E-state index is 0.429. The van der Waals surface area contributed by atoms with Gasteiger partial charge in [-0.2, -0.15) is 15.0 Å². The largest absolute Gasteiger partial charge is 0.357 e. The monoisotopic (exact) mass is 278 g/mol. The minimum atomic E-state index is 0.429. The Morgan fingerprint density at radius 3 is 2.55 bits per heavy atom. The Bertz CT molecular complexity index is 430. The van der Waals surface area contributed by atoms with Gasteiger partial charge in [0.15, 0.2) is 0 Å². The lowest BCUT2D eigenvalue weighted by Crippen LogP contribution is -2.31. The van der Waals surface area contributed by atoms with E-state index in [4.69, 9.17) is 0 Å². The second-order valence-electron chi connectivity index (χ2n) is 5.45. The van der Waals surface area contributed by atoms with Gasteiger partial charge >= 0.3 is 0 Å². The van der Waals surface area contributed by atoms with Crippen LogP contribution in [0.4, 0.5) is 17.8 Å². The van der Waals surface area contributed by atoms with Crippen molar-refractivity contribution >= 4 is 17.8 Å². The highest BCUT2D eigenvalue weighted by atomic mass is 15.4. The van der Waals surface area contributed by atoms with Crippen LogP contribution in [0.1, 0.15) is 39.5 Å². The maximum atomic E-state index is 4.66. The van der Waals surface area contributed by atoms with Crippen LogP contribution in [0.2, 0.25) is 0 Å². The highest BCUT2D eigenvalue weighted by Gasteiger charge is 2.19. The summed E-state index contributed by atoms with van der Waals surface area (Å²) in [7, 11) is 3.91. The van der Waals surface area contributed by atoms with E-state index in [0.29, 0.717) is 12.0 Å². The molecule has 6 heteroatoms. The molecule has 112 valence electrons. The lowest BCUT2D eigenvalue weighted by molar-refractivity contribution is 0.604. The molecule has 0 aromatic carbocycles. The number of aromatic nitrogens is 3. The lowest BCUT2D eigenvalue weighted by Gasteiger charge is -2.26. The van der Waals surface area contributed by atoms with E-state index in [9.17, 15) is 0 Å². The number of nitrogens with one attached hydrogen (secondary N) is 1. The number of anilines is 3. The predicted octanol–water partition coefficient (Wildman–Crippen LogP) is 2.14. The molecule has 0 amide bonds. The van der Waals surface area contributed by atoms with E-state index in [2.05, 4.69) is 51.0 Å². The number of nitrogens with zero attached hydrogens (tertiary/aromatic N) is 5. The third kappa shape index (κ3) is 3.29. The fraction of sp³-hybridized carbons (Fsp3) is 0.786. The second-order valence-corrected chi connectivity index (χ2v) is 5.45. The third-order valence-corrected chi connectivity index (χ3v) is 3.91. The van der Waals surface area contributed by atoms with Crippen LogP contribution in [0.15, 0.2) is 0 Å². The quantitative estimate of drug-likeness (QED) is 0.860. The number of hydrogen-bond acceptors (Lipinski definition) is 6. The zero-order valence-corrected chi connectivity index (χ0v) is 13.1. The van der Waals surface area contributed by atoms with Crippen LogP contribution in [-0.4, -0.2) is 48.2 Å². The van der Waals surface area contributed by atoms with Crippen molar-refractivity contribution in [3.63, 3.8) is 0 Å². The Hall–Kier alpha value is -1.59. The molecule has 6 nitrogen and oxygen atoms in total. The van der Waals surface area contributed by atoms with Gasteiger partial charge in [-0.15, -0.1) is 0 Å². The van der Waals surface area contributed by atoms with Gasteiger partial charge in [0.1, 0.15) is 0 Å². The summed E-state index contributed by atoms with van der Waals surface area (Å²) >= 11 is 0. The van der Waals surface area contributed by atoms with Crippen LogP contribution in [0.5, 0.6) is 0 Å². The fourth-order valence-corrected chi connectivity index (χ4v) is 2.49. The van der Waals surface area contributed by atoms with Gasteiger partial charge in [-0.05, 0) is 26.2 Å². The van der Waals surface area contributed by atoms with Crippen LogP contribution >= 0.6 is 0 Å². The summed E-state index contributed by atoms with van der Waals surface area (Å²) in [6, 6.07) is 0.429. The first-order valence-electron chi connectivity index (χ1n) is 7.57. The summed E-state index contributed by atoms with van der Waals surface area (Å²) in [6.07, 6.45) is 4.74. The number of hydrogen-bond donors (Lipinski definition) is 1. The zero-order chi connectivity index (χ0) is 14.5. The highest BCUT2D eigenvalue weighted by Crippen LogP contribution is 2.21. The second kappa shape index (κ2) is 6.72. The Kier molecular flexibility index (Phi) is 4.98. The summed E-state index contributed by atoms with van der Waals surface area (Å²) in [5.41, 5.74) is 0. The van der Waals surface area contributed by atoms with Gasteiger partial charge in [0.05, 0.1) is 0 Å². The fourth-order valence-electron chi connectivity index (χ4n) is 2.49. The van der Waals surface area contributed by atoms with Gasteiger partial charge < -0.3 is 15.1 Å². The average molecular weight is 278 g/mol. The summed E-state index contributed by atoms with van der Waals surface area (Å²) in [4.78, 5) is 18.0. The van der Waals surface area contributed by atoms with E-state index >= 15 is 0 Å². The molecule has 1 atom stereocenters. The van der Waals surface area contributed by atoms with Crippen LogP contribution in [0.25, 0.3) is 0 Å². The molecular formula is C14H26N6. The van der Waals surface area contributed by atoms with Crippen molar-refractivity contribution in [2.45, 2.75) is 45.6 Å². The van der Waals surface area contributed by atoms with Crippen molar-refractivity contribution in [1.29, 1.82) is 0 Å². The van der Waals surface area contributed by atoms with Gasteiger partial charge in [0, 0.05) is 33.2 Å². The third-order valence-electron chi connectivity index (χ3n) is 3.91. The zero-order valence-electron chi connectivity index (χ0n) is 13.1. The van der Waals surface area contributed by atoms with Crippen molar-refractivity contribution in [2.24, 2.45) is 0 Å². The molecule has 1 aromatic heterocycles. The van der Waals surface area contributed by atoms with E-state index < -0.39 is 0 Å². The highest BCUT2D eigenvalue weighted by molar-refractivity contribution is 5.45. The summed E-state index contributed by atoms with van der Waals surface area (Å²) in [5, 5.41) is 3.04. The Morgan fingerprint density at radius 2 is 1.95 bits per heavy atom. The van der Waals surface area contributed by atoms with Gasteiger partial charge in [0.2, 0.25) is 17.8 Å². The van der Waals surface area contributed by atoms with Crippen molar-refractivity contribution in [1.82, 2.24) is 15.0 Å². The molecule has 1 aliphatic heterocycles. The van der Waals surface area contributed by atoms with E-state index in [1.165, 1.54) is 12.8 Å². The van der Waals surface area contributed by atoms with Crippen molar-refractivity contribution < 1.29 is 0 Å². The Morgan fingerprint density at radius 1 is 1.25 bits per heavy atom. The summed E-state index contributed by atoms with van der Waals surface area (Å²) in [5.74, 6) is 2.20. The van der Waals surface area contributed by atoms with Crippen LogP contribution < -0.4 is 15.1 Å². The Balaban J connectivity index is 2.25. The molecule has 1 saturated heterocycles. The molecule has 1 unspecified atom stereocenters. The predicted molar refractivity (Wildman–Crippen MR) is 83.6 cm³/mol. The normalized spacial score (nSPS) is 16.3. The van der Waals surface area contributed by atoms with Crippen LogP contribution in [0.3, 0.4) is 0 Å². The van der Waals surface area contributed by atoms with Crippen LogP contribution in [0, 0.1) is 0 Å². The first kappa shape index (κ1) is 14.8. The van der Waals surface area contributed by atoms with E-state index in [-0.39, 0.29) is 0 Å². The Labute approximate surface area is 121 Å². The maximum Gasteiger partial charge on any atom is 0.231 e. The molecule has 2 heterocycles. The first-order valence-corrected chi connectivity index (χ1v) is 7.57. The van der Waals surface area contributed by atoms with Gasteiger partial charge in [-0.25, -0.2) is 0 Å². The summed E-state index contributed by atoms with van der Waals surface area (Å²) < 4.78 is 0. The average Bonchev–Trinajstić information content (AvgIpc) is 3.00. The van der Waals surface area contributed by atoms with Gasteiger partial charge in [-0.1, -0.05) is 13.3 Å². The molecule has 1 fully saturated rings. The van der Waals surface area contributed by atoms with Crippen molar-refractivity contribution in [2.75, 3.05) is 42.3 Å². The van der Waals surface area contributed by atoms with Crippen LogP contribution in [-0.2, 0) is 0 Å². The molecule has 1 aliphatic rings. The standard InChI is InChI=1S/C14H26N6/c1-5-8-11(2)19(4)13-16-12(15-3)17-14(18-13)20-9-6-7-10-20/h11H,5-10H2,1-4H3,(H,15,16,17,18). The number of rotatable bonds is 6. The summed E-state index contributed by atoms with van der Waals surface area (Å²) in [6.45, 7) is 6.50. The van der Waals surface area contributed by atoms with Gasteiger partial charge in [-0.3, -0.25) is 0 Å². The molecule has 0 bridgehead atoms. The maximum absolute atomic E-state index is 4.66. The topological polar surface area (TPSA) is 57.2 Å². The molecule has 20 heavy (non-hydrogen) atoms. The van der Waals surface area contributed by atoms with Gasteiger partial charge in [0.25, 0.3) is 0 Å². The molecule has 1 N–H and O–H groups in total. The molecule has 1 aromatic rings. The van der Waals surface area contributed by atoms with E-state index in [0.717, 1.165) is 37.8 Å². The lowest BCUT2D eigenvalue weighted by atomic mass is 10.2. The SMILES string of the molecule is CCCC(C)N(C)c1nc(NC)nc(N2CCCC2)n1. The minimum Gasteiger partial charge on any atom is -0.357 e. The van der Waals surface area contributed by atoms with E-state index in [1.54, 1.807) is 0 Å². The molecular weight excluding hydrogens is 252 g/mol. The van der Waals surface area contributed by atoms with E-state index in [1.807, 2.05) is 7.05 Å². The molecule has 0 spiro atoms. The smallest absolute Gasteiger partial charge is 0.231 e. The molecule has 0 aliphatic carbocycles. The molecule has 2 rings (SSSR count). The first-order chi connectivity index (χ1) is 9.65. The molecule has 0 saturated carbocycles. The molecule has 0 radical (unpaired) electrons. The van der Waals surface area contributed by atoms with Crippen molar-refractivity contribution in [3.8, 4) is 0 Å².